The summed E-state index contributed by atoms with van der Waals surface area (Å²) in [6.07, 6.45) is 3.57. The normalized spacial score (nSPS) is 13.7. The summed E-state index contributed by atoms with van der Waals surface area (Å²) in [6, 6.07) is 6.50. The molecule has 5 heteroatoms. The molecular weight excluding hydrogens is 258 g/mol. The van der Waals surface area contributed by atoms with E-state index in [1.54, 1.807) is 24.8 Å². The first kappa shape index (κ1) is 15.6. The maximum atomic E-state index is 10.6. The van der Waals surface area contributed by atoms with E-state index >= 15 is 0 Å². The van der Waals surface area contributed by atoms with Crippen LogP contribution in [-0.2, 0) is 4.74 Å². The van der Waals surface area contributed by atoms with Crippen molar-refractivity contribution in [2.24, 2.45) is 0 Å². The first-order valence-electron chi connectivity index (χ1n) is 6.20. The zero-order valence-corrected chi connectivity index (χ0v) is 12.8. The average molecular weight is 278 g/mol. The number of nitro benzene ring substituents is 1. The monoisotopic (exact) mass is 278 g/mol. The Balaban J connectivity index is 2.54. The maximum Gasteiger partial charge on any atom is 0.270 e. The fourth-order valence-electron chi connectivity index (χ4n) is 1.26. The molecule has 1 aromatic rings. The summed E-state index contributed by atoms with van der Waals surface area (Å²) in [5.41, 5.74) is 1.12. The quantitative estimate of drug-likeness (QED) is 0.448. The van der Waals surface area contributed by atoms with E-state index in [1.165, 1.54) is 12.1 Å². The molecule has 0 aliphatic rings. The number of benzene rings is 1. The zero-order chi connectivity index (χ0) is 14.5. The fourth-order valence-corrected chi connectivity index (χ4v) is 1.75. The first-order valence-corrected chi connectivity index (χ1v) is 9.78. The summed E-state index contributed by atoms with van der Waals surface area (Å²) in [5.74, 6) is 0. The van der Waals surface area contributed by atoms with Gasteiger partial charge < -0.3 is 4.74 Å². The molecule has 0 aliphatic heterocycles. The molecule has 1 rings (SSSR count). The molecule has 1 radical (unpaired) electrons. The largest absolute Gasteiger partial charge is 0.372 e. The molecule has 1 atom stereocenters. The summed E-state index contributed by atoms with van der Waals surface area (Å²) in [4.78, 5) is 10.2. The van der Waals surface area contributed by atoms with E-state index in [0.29, 0.717) is 0 Å². The van der Waals surface area contributed by atoms with E-state index < -0.39 is 13.0 Å². The van der Waals surface area contributed by atoms with Crippen molar-refractivity contribution >= 4 is 19.8 Å². The van der Waals surface area contributed by atoms with E-state index in [1.807, 2.05) is 6.07 Å². The van der Waals surface area contributed by atoms with Crippen LogP contribution < -0.4 is 0 Å². The molecule has 0 heterocycles. The number of ether oxygens (including phenoxy) is 1. The van der Waals surface area contributed by atoms with Gasteiger partial charge in [-0.05, 0) is 12.5 Å². The van der Waals surface area contributed by atoms with Crippen molar-refractivity contribution in [1.29, 1.82) is 0 Å². The highest BCUT2D eigenvalue weighted by Crippen LogP contribution is 2.15. The molecule has 1 unspecified atom stereocenters. The third-order valence-electron chi connectivity index (χ3n) is 2.95. The number of rotatable bonds is 6. The van der Waals surface area contributed by atoms with Crippen molar-refractivity contribution < 1.29 is 9.66 Å². The summed E-state index contributed by atoms with van der Waals surface area (Å²) in [7, 11) is -1.29. The van der Waals surface area contributed by atoms with Gasteiger partial charge in [0, 0.05) is 17.9 Å². The molecule has 0 saturated heterocycles. The van der Waals surface area contributed by atoms with Gasteiger partial charge in [0.25, 0.3) is 5.69 Å². The highest BCUT2D eigenvalue weighted by atomic mass is 28.3. The lowest BCUT2D eigenvalue weighted by Crippen LogP contribution is -2.37. The average Bonchev–Trinajstić information content (AvgIpc) is 2.33. The lowest BCUT2D eigenvalue weighted by atomic mass is 10.2. The second-order valence-corrected chi connectivity index (χ2v) is 11.0. The summed E-state index contributed by atoms with van der Waals surface area (Å²) < 4.78 is 5.62. The molecule has 0 spiro atoms. The Morgan fingerprint density at radius 2 is 2.05 bits per heavy atom. The summed E-state index contributed by atoms with van der Waals surface area (Å²) >= 11 is 0. The van der Waals surface area contributed by atoms with Crippen molar-refractivity contribution in [3.63, 3.8) is 0 Å². The van der Waals surface area contributed by atoms with Gasteiger partial charge in [0.2, 0.25) is 0 Å². The Morgan fingerprint density at radius 3 is 2.63 bits per heavy atom. The Hall–Kier alpha value is -1.46. The molecule has 1 aromatic carbocycles. The van der Waals surface area contributed by atoms with E-state index in [-0.39, 0.29) is 11.4 Å². The van der Waals surface area contributed by atoms with Gasteiger partial charge in [0.05, 0.1) is 13.0 Å². The molecule has 0 aliphatic carbocycles. The van der Waals surface area contributed by atoms with Crippen LogP contribution in [0.15, 0.2) is 30.3 Å². The van der Waals surface area contributed by atoms with Crippen molar-refractivity contribution in [2.45, 2.75) is 32.3 Å². The molecule has 0 amide bonds. The van der Waals surface area contributed by atoms with E-state index in [4.69, 9.17) is 4.74 Å². The Morgan fingerprint density at radius 1 is 1.37 bits per heavy atom. The van der Waals surface area contributed by atoms with Gasteiger partial charge >= 0.3 is 0 Å². The minimum Gasteiger partial charge on any atom is -0.372 e. The lowest BCUT2D eigenvalue weighted by molar-refractivity contribution is -0.384. The van der Waals surface area contributed by atoms with Crippen LogP contribution in [0.2, 0.25) is 19.6 Å². The molecule has 0 bridgehead atoms. The first-order chi connectivity index (χ1) is 8.80. The highest BCUT2D eigenvalue weighted by Gasteiger charge is 2.22. The van der Waals surface area contributed by atoms with Crippen molar-refractivity contribution in [3.8, 4) is 0 Å². The van der Waals surface area contributed by atoms with Crippen LogP contribution in [0.3, 0.4) is 0 Å². The van der Waals surface area contributed by atoms with Crippen LogP contribution in [0.25, 0.3) is 6.08 Å². The third-order valence-corrected chi connectivity index (χ3v) is 5.53. The topological polar surface area (TPSA) is 52.4 Å². The lowest BCUT2D eigenvalue weighted by Gasteiger charge is -2.24. The van der Waals surface area contributed by atoms with Crippen LogP contribution >= 0.6 is 0 Å². The van der Waals surface area contributed by atoms with Gasteiger partial charge in [-0.2, -0.15) is 0 Å². The molecule has 4 nitrogen and oxygen atoms in total. The van der Waals surface area contributed by atoms with Gasteiger partial charge in [-0.1, -0.05) is 43.9 Å². The van der Waals surface area contributed by atoms with E-state index in [2.05, 4.69) is 26.6 Å². The van der Waals surface area contributed by atoms with Crippen molar-refractivity contribution in [2.75, 3.05) is 0 Å². The van der Waals surface area contributed by atoms with Gasteiger partial charge in [-0.3, -0.25) is 10.1 Å². The van der Waals surface area contributed by atoms with Crippen LogP contribution in [-0.4, -0.2) is 18.7 Å². The second-order valence-electron chi connectivity index (χ2n) is 5.49. The smallest absolute Gasteiger partial charge is 0.270 e. The number of nitro groups is 1. The Bertz CT molecular complexity index is 466. The van der Waals surface area contributed by atoms with Gasteiger partial charge in [-0.25, -0.2) is 0 Å². The Labute approximate surface area is 115 Å². The molecule has 0 aromatic heterocycles. The molecular formula is C14H20NO3Si. The van der Waals surface area contributed by atoms with Crippen LogP contribution in [0.5, 0.6) is 0 Å². The number of non-ortho nitro benzene ring substituents is 1. The SMILES string of the molecule is CC(O[CH]/C=C/c1cccc([N+](=O)[O-])c1)[Si](C)(C)C. The van der Waals surface area contributed by atoms with Gasteiger partial charge in [-0.15, -0.1) is 0 Å². The van der Waals surface area contributed by atoms with E-state index in [9.17, 15) is 10.1 Å². The second kappa shape index (κ2) is 6.63. The molecule has 19 heavy (non-hydrogen) atoms. The summed E-state index contributed by atoms with van der Waals surface area (Å²) in [6.45, 7) is 10.5. The summed E-state index contributed by atoms with van der Waals surface area (Å²) in [5, 5.41) is 10.6. The minimum absolute atomic E-state index is 0.0959. The van der Waals surface area contributed by atoms with E-state index in [0.717, 1.165) is 5.56 Å². The van der Waals surface area contributed by atoms with Crippen molar-refractivity contribution in [1.82, 2.24) is 0 Å². The van der Waals surface area contributed by atoms with Crippen LogP contribution in [0, 0.1) is 16.7 Å². The molecule has 103 valence electrons. The fraction of sp³-hybridized carbons (Fsp3) is 0.357. The van der Waals surface area contributed by atoms with Gasteiger partial charge in [0.1, 0.15) is 6.61 Å². The van der Waals surface area contributed by atoms with Crippen molar-refractivity contribution in [3.05, 3.63) is 52.6 Å². The Kier molecular flexibility index (Phi) is 5.44. The number of hydrogen-bond donors (Lipinski definition) is 0. The molecule has 0 saturated carbocycles. The number of hydrogen-bond acceptors (Lipinski definition) is 3. The van der Waals surface area contributed by atoms with Crippen LogP contribution in [0.4, 0.5) is 5.69 Å². The predicted molar refractivity (Wildman–Crippen MR) is 80.3 cm³/mol. The minimum atomic E-state index is -1.29. The standard InChI is InChI=1S/C14H20NO3Si/c1-12(19(2,3)4)18-10-6-8-13-7-5-9-14(11-13)15(16)17/h5-12H,1-4H3/b8-6+. The molecule has 0 N–H and O–H groups in total. The predicted octanol–water partition coefficient (Wildman–Crippen LogP) is 4.05. The number of nitrogens with zero attached hydrogens (tertiary/aromatic N) is 1. The van der Waals surface area contributed by atoms with Crippen LogP contribution in [0.1, 0.15) is 12.5 Å². The maximum absolute atomic E-state index is 10.6. The highest BCUT2D eigenvalue weighted by molar-refractivity contribution is 6.77. The zero-order valence-electron chi connectivity index (χ0n) is 11.8. The third kappa shape index (κ3) is 5.36. The van der Waals surface area contributed by atoms with Gasteiger partial charge in [0.15, 0.2) is 0 Å². The molecule has 0 fully saturated rings.